The Bertz CT molecular complexity index is 458. The number of nitrogens with zero attached hydrogens (tertiary/aromatic N) is 2. The van der Waals surface area contributed by atoms with Gasteiger partial charge in [0.2, 0.25) is 5.91 Å². The van der Waals surface area contributed by atoms with Crippen LogP contribution in [0.5, 0.6) is 0 Å². The van der Waals surface area contributed by atoms with Crippen molar-refractivity contribution >= 4 is 22.4 Å². The minimum Gasteiger partial charge on any atom is -0.390 e. The van der Waals surface area contributed by atoms with Gasteiger partial charge < -0.3 is 15.7 Å². The molecule has 1 amide bonds. The van der Waals surface area contributed by atoms with Crippen molar-refractivity contribution in [2.24, 2.45) is 5.92 Å². The van der Waals surface area contributed by atoms with E-state index >= 15 is 0 Å². The molecule has 2 atom stereocenters. The lowest BCUT2D eigenvalue weighted by molar-refractivity contribution is -0.138. The number of piperidine rings is 1. The lowest BCUT2D eigenvalue weighted by Gasteiger charge is -2.41. The largest absolute Gasteiger partial charge is 0.390 e. The van der Waals surface area contributed by atoms with Gasteiger partial charge in [-0.15, -0.1) is 11.3 Å². The number of carbonyl (C=O) groups excluding carboxylic acids is 1. The topological polar surface area (TPSA) is 79.5 Å². The fraction of sp³-hybridized carbons (Fsp3) is 0.692. The number of amides is 1. The summed E-state index contributed by atoms with van der Waals surface area (Å²) < 4.78 is 0. The number of aromatic nitrogens is 1. The quantitative estimate of drug-likeness (QED) is 0.875. The summed E-state index contributed by atoms with van der Waals surface area (Å²) in [5.74, 6) is 0.244. The minimum absolute atomic E-state index is 0.111. The Balaban J connectivity index is 1.84. The Labute approximate surface area is 117 Å². The molecule has 0 unspecified atom stereocenters. The fourth-order valence-electron chi connectivity index (χ4n) is 2.28. The van der Waals surface area contributed by atoms with Crippen LogP contribution in [-0.2, 0) is 11.2 Å². The van der Waals surface area contributed by atoms with E-state index in [1.54, 1.807) is 0 Å². The van der Waals surface area contributed by atoms with Crippen LogP contribution < -0.4 is 5.73 Å². The first-order valence-corrected chi connectivity index (χ1v) is 7.46. The first kappa shape index (κ1) is 14.3. The van der Waals surface area contributed by atoms with E-state index < -0.39 is 5.60 Å². The number of hydrogen-bond donors (Lipinski definition) is 2. The van der Waals surface area contributed by atoms with Crippen molar-refractivity contribution in [2.75, 3.05) is 18.8 Å². The summed E-state index contributed by atoms with van der Waals surface area (Å²) in [4.78, 5) is 18.1. The number of rotatable bonds is 3. The van der Waals surface area contributed by atoms with E-state index in [-0.39, 0.29) is 11.8 Å². The van der Waals surface area contributed by atoms with Crippen LogP contribution >= 0.6 is 11.3 Å². The van der Waals surface area contributed by atoms with E-state index in [1.807, 2.05) is 24.1 Å². The van der Waals surface area contributed by atoms with Gasteiger partial charge >= 0.3 is 0 Å². The summed E-state index contributed by atoms with van der Waals surface area (Å²) in [6.45, 7) is 5.10. The number of hydrogen-bond acceptors (Lipinski definition) is 5. The van der Waals surface area contributed by atoms with E-state index in [0.29, 0.717) is 37.5 Å². The van der Waals surface area contributed by atoms with Crippen LogP contribution in [0.25, 0.3) is 0 Å². The average Bonchev–Trinajstić information content (AvgIpc) is 2.76. The third-order valence-corrected chi connectivity index (χ3v) is 4.68. The van der Waals surface area contributed by atoms with Crippen LogP contribution in [0.3, 0.4) is 0 Å². The molecule has 1 aromatic heterocycles. The molecule has 2 heterocycles. The smallest absolute Gasteiger partial charge is 0.222 e. The van der Waals surface area contributed by atoms with Crippen molar-refractivity contribution in [3.8, 4) is 0 Å². The molecule has 0 radical (unpaired) electrons. The highest BCUT2D eigenvalue weighted by molar-refractivity contribution is 7.13. The third kappa shape index (κ3) is 3.45. The molecule has 3 N–H and O–H groups in total. The van der Waals surface area contributed by atoms with Gasteiger partial charge in [0.25, 0.3) is 0 Å². The van der Waals surface area contributed by atoms with E-state index in [0.717, 1.165) is 5.69 Å². The van der Waals surface area contributed by atoms with E-state index in [4.69, 9.17) is 5.73 Å². The number of aryl methyl sites for hydroxylation is 1. The number of nitrogens with two attached hydrogens (primary N) is 1. The van der Waals surface area contributed by atoms with E-state index in [1.165, 1.54) is 11.3 Å². The lowest BCUT2D eigenvalue weighted by atomic mass is 9.84. The molecule has 0 spiro atoms. The van der Waals surface area contributed by atoms with E-state index in [2.05, 4.69) is 4.98 Å². The van der Waals surface area contributed by atoms with Crippen molar-refractivity contribution in [1.29, 1.82) is 0 Å². The maximum Gasteiger partial charge on any atom is 0.222 e. The Morgan fingerprint density at radius 1 is 1.74 bits per heavy atom. The van der Waals surface area contributed by atoms with E-state index in [9.17, 15) is 9.90 Å². The second kappa shape index (κ2) is 5.46. The number of anilines is 1. The monoisotopic (exact) mass is 283 g/mol. The normalized spacial score (nSPS) is 27.5. The molecule has 19 heavy (non-hydrogen) atoms. The van der Waals surface area contributed by atoms with Crippen LogP contribution in [0.15, 0.2) is 5.38 Å². The summed E-state index contributed by atoms with van der Waals surface area (Å²) in [7, 11) is 0. The molecular formula is C13H21N3O2S. The van der Waals surface area contributed by atoms with Gasteiger partial charge in [-0.05, 0) is 19.8 Å². The zero-order valence-corrected chi connectivity index (χ0v) is 12.2. The molecule has 1 aliphatic rings. The van der Waals surface area contributed by atoms with Crippen LogP contribution in [0.2, 0.25) is 0 Å². The van der Waals surface area contributed by atoms with Gasteiger partial charge in [0, 0.05) is 30.8 Å². The SMILES string of the molecule is C[C@H]1CN(C(=O)CCc2csc(N)n2)CC[C@@]1(C)O. The molecule has 1 fully saturated rings. The predicted octanol–water partition coefficient (Wildman–Crippen LogP) is 1.28. The first-order chi connectivity index (χ1) is 8.88. The van der Waals surface area contributed by atoms with Crippen LogP contribution in [0.4, 0.5) is 5.13 Å². The molecule has 0 bridgehead atoms. The summed E-state index contributed by atoms with van der Waals surface area (Å²) >= 11 is 1.40. The molecule has 6 heteroatoms. The number of nitrogen functional groups attached to an aromatic ring is 1. The maximum atomic E-state index is 12.1. The molecule has 5 nitrogen and oxygen atoms in total. The van der Waals surface area contributed by atoms with Crippen molar-refractivity contribution in [1.82, 2.24) is 9.88 Å². The maximum absolute atomic E-state index is 12.1. The van der Waals surface area contributed by atoms with Gasteiger partial charge in [-0.1, -0.05) is 6.92 Å². The van der Waals surface area contributed by atoms with Crippen LogP contribution in [-0.4, -0.2) is 39.6 Å². The van der Waals surface area contributed by atoms with Crippen LogP contribution in [0.1, 0.15) is 32.4 Å². The summed E-state index contributed by atoms with van der Waals surface area (Å²) in [5, 5.41) is 12.5. The zero-order valence-electron chi connectivity index (χ0n) is 11.4. The van der Waals surface area contributed by atoms with Gasteiger partial charge in [-0.3, -0.25) is 4.79 Å². The Kier molecular flexibility index (Phi) is 4.10. The average molecular weight is 283 g/mol. The summed E-state index contributed by atoms with van der Waals surface area (Å²) in [6, 6.07) is 0. The minimum atomic E-state index is -0.653. The summed E-state index contributed by atoms with van der Waals surface area (Å²) in [5.41, 5.74) is 5.79. The highest BCUT2D eigenvalue weighted by atomic mass is 32.1. The van der Waals surface area contributed by atoms with Gasteiger partial charge in [0.15, 0.2) is 5.13 Å². The molecular weight excluding hydrogens is 262 g/mol. The van der Waals surface area contributed by atoms with Gasteiger partial charge in [-0.2, -0.15) is 0 Å². The van der Waals surface area contributed by atoms with Gasteiger partial charge in [-0.25, -0.2) is 4.98 Å². The predicted molar refractivity (Wildman–Crippen MR) is 75.8 cm³/mol. The zero-order chi connectivity index (χ0) is 14.0. The van der Waals surface area contributed by atoms with Gasteiger partial charge in [0.05, 0.1) is 11.3 Å². The highest BCUT2D eigenvalue weighted by Gasteiger charge is 2.35. The number of thiazole rings is 1. The fourth-order valence-corrected chi connectivity index (χ4v) is 2.88. The lowest BCUT2D eigenvalue weighted by Crippen LogP contribution is -2.50. The second-order valence-corrected chi connectivity index (χ2v) is 6.41. The molecule has 0 saturated carbocycles. The standard InChI is InChI=1S/C13H21N3O2S/c1-9-7-16(6-5-13(9,2)18)11(17)4-3-10-8-19-12(14)15-10/h8-9,18H,3-7H2,1-2H3,(H2,14,15)/t9-,13+/m0/s1. The number of aliphatic hydroxyl groups is 1. The molecule has 1 saturated heterocycles. The van der Waals surface area contributed by atoms with Crippen molar-refractivity contribution < 1.29 is 9.90 Å². The second-order valence-electron chi connectivity index (χ2n) is 5.53. The molecule has 2 rings (SSSR count). The molecule has 1 aliphatic heterocycles. The number of likely N-dealkylation sites (tertiary alicyclic amines) is 1. The molecule has 1 aromatic rings. The first-order valence-electron chi connectivity index (χ1n) is 6.58. The summed E-state index contributed by atoms with van der Waals surface area (Å²) in [6.07, 6.45) is 1.73. The Hall–Kier alpha value is -1.14. The van der Waals surface area contributed by atoms with Crippen molar-refractivity contribution in [3.05, 3.63) is 11.1 Å². The highest BCUT2D eigenvalue weighted by Crippen LogP contribution is 2.27. The van der Waals surface area contributed by atoms with Crippen molar-refractivity contribution in [3.63, 3.8) is 0 Å². The third-order valence-electron chi connectivity index (χ3n) is 3.96. The Morgan fingerprint density at radius 3 is 3.05 bits per heavy atom. The van der Waals surface area contributed by atoms with Gasteiger partial charge in [0.1, 0.15) is 0 Å². The molecule has 0 aromatic carbocycles. The molecule has 0 aliphatic carbocycles. The van der Waals surface area contributed by atoms with Crippen LogP contribution in [0, 0.1) is 5.92 Å². The number of carbonyl (C=O) groups is 1. The molecule has 106 valence electrons. The Morgan fingerprint density at radius 2 is 2.47 bits per heavy atom. The van der Waals surface area contributed by atoms with Crippen molar-refractivity contribution in [2.45, 2.75) is 38.7 Å².